The molecule has 0 spiro atoms. The second kappa shape index (κ2) is 6.89. The lowest BCUT2D eigenvalue weighted by Gasteiger charge is -2.18. The summed E-state index contributed by atoms with van der Waals surface area (Å²) in [6, 6.07) is 3.84. The number of halogens is 2. The molecule has 0 aromatic heterocycles. The van der Waals surface area contributed by atoms with Gasteiger partial charge in [0.15, 0.2) is 11.6 Å². The van der Waals surface area contributed by atoms with Gasteiger partial charge in [0.05, 0.1) is 5.41 Å². The third kappa shape index (κ3) is 5.19. The van der Waals surface area contributed by atoms with E-state index >= 15 is 0 Å². The summed E-state index contributed by atoms with van der Waals surface area (Å²) in [4.78, 5) is 11.6. The summed E-state index contributed by atoms with van der Waals surface area (Å²) < 4.78 is 25.7. The van der Waals surface area contributed by atoms with E-state index in [1.165, 1.54) is 17.8 Å². The minimum Gasteiger partial charge on any atom is -0.481 e. The van der Waals surface area contributed by atoms with Crippen LogP contribution in [0.3, 0.4) is 0 Å². The van der Waals surface area contributed by atoms with Crippen LogP contribution in [0.25, 0.3) is 0 Å². The van der Waals surface area contributed by atoms with E-state index < -0.39 is 23.0 Å². The molecule has 1 rings (SSSR count). The molecule has 0 amide bonds. The first-order chi connectivity index (χ1) is 8.83. The Morgan fingerprint density at radius 1 is 1.26 bits per heavy atom. The van der Waals surface area contributed by atoms with Crippen molar-refractivity contribution in [1.82, 2.24) is 0 Å². The fraction of sp³-hybridized carbons (Fsp3) is 0.500. The molecule has 0 atom stereocenters. The molecule has 0 saturated heterocycles. The molecule has 0 radical (unpaired) electrons. The van der Waals surface area contributed by atoms with Crippen LogP contribution in [-0.2, 0) is 4.79 Å². The summed E-state index contributed by atoms with van der Waals surface area (Å²) in [5, 5.41) is 8.95. The Kier molecular flexibility index (Phi) is 5.79. The third-order valence-electron chi connectivity index (χ3n) is 2.93. The van der Waals surface area contributed by atoms with Gasteiger partial charge in [-0.1, -0.05) is 6.42 Å². The molecule has 0 unspecified atom stereocenters. The number of unbranched alkanes of at least 4 members (excludes halogenated alkanes) is 1. The highest BCUT2D eigenvalue weighted by molar-refractivity contribution is 7.99. The Bertz CT molecular complexity index is 447. The zero-order chi connectivity index (χ0) is 14.5. The predicted octanol–water partition coefficient (Wildman–Crippen LogP) is 4.34. The lowest BCUT2D eigenvalue weighted by molar-refractivity contribution is -0.147. The van der Waals surface area contributed by atoms with E-state index in [1.54, 1.807) is 19.9 Å². The Balaban J connectivity index is 2.28. The van der Waals surface area contributed by atoms with E-state index in [4.69, 9.17) is 5.11 Å². The molecule has 0 saturated carbocycles. The number of rotatable bonds is 7. The smallest absolute Gasteiger partial charge is 0.309 e. The van der Waals surface area contributed by atoms with E-state index in [1.807, 2.05) is 0 Å². The Morgan fingerprint density at radius 2 is 1.95 bits per heavy atom. The van der Waals surface area contributed by atoms with Crippen LogP contribution in [0.15, 0.2) is 23.1 Å². The van der Waals surface area contributed by atoms with Gasteiger partial charge >= 0.3 is 5.97 Å². The summed E-state index contributed by atoms with van der Waals surface area (Å²) in [6.07, 6.45) is 2.26. The van der Waals surface area contributed by atoms with Crippen LogP contribution in [0.5, 0.6) is 0 Å². The molecule has 106 valence electrons. The third-order valence-corrected chi connectivity index (χ3v) is 4.01. The summed E-state index contributed by atoms with van der Waals surface area (Å²) in [5.74, 6) is -1.70. The highest BCUT2D eigenvalue weighted by Gasteiger charge is 2.25. The molecule has 0 aliphatic rings. The highest BCUT2D eigenvalue weighted by Crippen LogP contribution is 2.26. The lowest BCUT2D eigenvalue weighted by atomic mass is 9.88. The van der Waals surface area contributed by atoms with Gasteiger partial charge in [-0.05, 0) is 50.6 Å². The first kappa shape index (κ1) is 16.0. The lowest BCUT2D eigenvalue weighted by Crippen LogP contribution is -2.23. The normalized spacial score (nSPS) is 11.6. The van der Waals surface area contributed by atoms with Gasteiger partial charge in [-0.25, -0.2) is 8.78 Å². The number of hydrogen-bond donors (Lipinski definition) is 1. The van der Waals surface area contributed by atoms with E-state index in [9.17, 15) is 13.6 Å². The van der Waals surface area contributed by atoms with E-state index in [2.05, 4.69) is 0 Å². The van der Waals surface area contributed by atoms with Crippen molar-refractivity contribution in [1.29, 1.82) is 0 Å². The van der Waals surface area contributed by atoms with Crippen molar-refractivity contribution in [2.24, 2.45) is 5.41 Å². The first-order valence-corrected chi connectivity index (χ1v) is 7.13. The molecule has 5 heteroatoms. The molecule has 19 heavy (non-hydrogen) atoms. The van der Waals surface area contributed by atoms with Crippen molar-refractivity contribution in [2.45, 2.75) is 38.0 Å². The molecule has 1 aromatic rings. The fourth-order valence-electron chi connectivity index (χ4n) is 1.53. The van der Waals surface area contributed by atoms with Gasteiger partial charge < -0.3 is 5.11 Å². The summed E-state index contributed by atoms with van der Waals surface area (Å²) in [6.45, 7) is 3.41. The zero-order valence-corrected chi connectivity index (χ0v) is 11.9. The largest absolute Gasteiger partial charge is 0.481 e. The van der Waals surface area contributed by atoms with Crippen molar-refractivity contribution in [3.63, 3.8) is 0 Å². The first-order valence-electron chi connectivity index (χ1n) is 6.14. The van der Waals surface area contributed by atoms with E-state index in [-0.39, 0.29) is 0 Å². The Hall–Kier alpha value is -1.10. The van der Waals surface area contributed by atoms with Gasteiger partial charge in [-0.2, -0.15) is 0 Å². The molecule has 0 fully saturated rings. The predicted molar refractivity (Wildman–Crippen MR) is 72.3 cm³/mol. The van der Waals surface area contributed by atoms with Crippen LogP contribution in [0.4, 0.5) is 8.78 Å². The van der Waals surface area contributed by atoms with Gasteiger partial charge in [0.2, 0.25) is 0 Å². The number of benzene rings is 1. The maximum atomic E-state index is 12.9. The van der Waals surface area contributed by atoms with Crippen molar-refractivity contribution in [2.75, 3.05) is 5.75 Å². The summed E-state index contributed by atoms with van der Waals surface area (Å²) in [5.41, 5.74) is -0.702. The summed E-state index contributed by atoms with van der Waals surface area (Å²) >= 11 is 1.45. The molecular weight excluding hydrogens is 270 g/mol. The van der Waals surface area contributed by atoms with Crippen LogP contribution in [0, 0.1) is 17.0 Å². The average Bonchev–Trinajstić information content (AvgIpc) is 2.33. The number of aliphatic carboxylic acids is 1. The van der Waals surface area contributed by atoms with E-state index in [0.29, 0.717) is 11.3 Å². The number of carboxylic acids is 1. The average molecular weight is 288 g/mol. The topological polar surface area (TPSA) is 37.3 Å². The molecular formula is C14H18F2O2S. The number of hydrogen-bond acceptors (Lipinski definition) is 2. The number of carboxylic acid groups (broad SMARTS) is 1. The minimum absolute atomic E-state index is 0.612. The number of carbonyl (C=O) groups is 1. The molecule has 0 bridgehead atoms. The van der Waals surface area contributed by atoms with Crippen molar-refractivity contribution in [3.8, 4) is 0 Å². The van der Waals surface area contributed by atoms with Gasteiger partial charge in [0.25, 0.3) is 0 Å². The van der Waals surface area contributed by atoms with Crippen molar-refractivity contribution < 1.29 is 18.7 Å². The second-order valence-electron chi connectivity index (χ2n) is 5.07. The van der Waals surface area contributed by atoms with Crippen LogP contribution < -0.4 is 0 Å². The Morgan fingerprint density at radius 3 is 2.53 bits per heavy atom. The molecule has 0 heterocycles. The monoisotopic (exact) mass is 288 g/mol. The minimum atomic E-state index is -0.840. The van der Waals surface area contributed by atoms with Gasteiger partial charge in [0, 0.05) is 4.90 Å². The van der Waals surface area contributed by atoms with Crippen LogP contribution >= 0.6 is 11.8 Å². The van der Waals surface area contributed by atoms with Crippen LogP contribution in [0.2, 0.25) is 0 Å². The molecule has 1 N–H and O–H groups in total. The SMILES string of the molecule is CC(C)(CCCCSc1ccc(F)c(F)c1)C(=O)O. The molecule has 1 aromatic carbocycles. The van der Waals surface area contributed by atoms with Crippen LogP contribution in [0.1, 0.15) is 33.1 Å². The van der Waals surface area contributed by atoms with Gasteiger partial charge in [0.1, 0.15) is 0 Å². The zero-order valence-electron chi connectivity index (χ0n) is 11.1. The standard InChI is InChI=1S/C14H18F2O2S/c1-14(2,13(17)18)7-3-4-8-19-10-5-6-11(15)12(16)9-10/h5-6,9H,3-4,7-8H2,1-2H3,(H,17,18). The van der Waals surface area contributed by atoms with E-state index in [0.717, 1.165) is 24.7 Å². The molecule has 0 aliphatic heterocycles. The fourth-order valence-corrected chi connectivity index (χ4v) is 2.47. The van der Waals surface area contributed by atoms with Gasteiger partial charge in [-0.3, -0.25) is 4.79 Å². The highest BCUT2D eigenvalue weighted by atomic mass is 32.2. The molecule has 0 aliphatic carbocycles. The maximum absolute atomic E-state index is 12.9. The summed E-state index contributed by atoms with van der Waals surface area (Å²) in [7, 11) is 0. The number of thioether (sulfide) groups is 1. The van der Waals surface area contributed by atoms with Gasteiger partial charge in [-0.15, -0.1) is 11.8 Å². The van der Waals surface area contributed by atoms with Crippen molar-refractivity contribution >= 4 is 17.7 Å². The van der Waals surface area contributed by atoms with Crippen LogP contribution in [-0.4, -0.2) is 16.8 Å². The Labute approximate surface area is 116 Å². The maximum Gasteiger partial charge on any atom is 0.309 e. The molecule has 2 nitrogen and oxygen atoms in total. The van der Waals surface area contributed by atoms with Crippen molar-refractivity contribution in [3.05, 3.63) is 29.8 Å². The second-order valence-corrected chi connectivity index (χ2v) is 6.24. The quantitative estimate of drug-likeness (QED) is 0.599.